The average Bonchev–Trinajstić information content (AvgIpc) is 3.48. The molecular weight excluding hydrogens is 390 g/mol. The molecule has 2 aliphatic heterocycles. The molecular formula is C24H39N5O2. The number of nitrogens with one attached hydrogen (secondary N) is 2. The molecule has 2 N–H and O–H groups in total. The van der Waals surface area contributed by atoms with E-state index in [2.05, 4.69) is 44.5 Å². The number of amides is 1. The van der Waals surface area contributed by atoms with E-state index in [4.69, 9.17) is 4.74 Å². The van der Waals surface area contributed by atoms with Crippen molar-refractivity contribution in [2.24, 2.45) is 4.99 Å². The summed E-state index contributed by atoms with van der Waals surface area (Å²) in [5.41, 5.74) is 1.30. The van der Waals surface area contributed by atoms with Gasteiger partial charge < -0.3 is 20.3 Å². The Morgan fingerprint density at radius 3 is 2.45 bits per heavy atom. The van der Waals surface area contributed by atoms with Gasteiger partial charge in [-0.15, -0.1) is 0 Å². The van der Waals surface area contributed by atoms with Gasteiger partial charge in [0.05, 0.1) is 13.2 Å². The summed E-state index contributed by atoms with van der Waals surface area (Å²) in [6.07, 6.45) is 6.15. The van der Waals surface area contributed by atoms with E-state index >= 15 is 0 Å². The Kier molecular flexibility index (Phi) is 9.00. The standard InChI is InChI=1S/C24H39N5O2/c1-4-20(29-17-7-8-23(29)30)13-14-26-24(25-2)27-18-22(28-15-5-6-16-28)19-9-11-21(31-3)12-10-19/h9-12,20,22H,4-8,13-18H2,1-3H3,(H2,25,26,27). The highest BCUT2D eigenvalue weighted by molar-refractivity contribution is 5.80. The molecule has 0 radical (unpaired) electrons. The minimum atomic E-state index is 0.303. The van der Waals surface area contributed by atoms with Gasteiger partial charge in [0.2, 0.25) is 5.91 Å². The zero-order valence-electron chi connectivity index (χ0n) is 19.4. The van der Waals surface area contributed by atoms with E-state index in [1.807, 2.05) is 19.2 Å². The first-order valence-electron chi connectivity index (χ1n) is 11.8. The van der Waals surface area contributed by atoms with Crippen molar-refractivity contribution in [3.63, 3.8) is 0 Å². The number of guanidine groups is 1. The van der Waals surface area contributed by atoms with Crippen LogP contribution in [-0.4, -0.2) is 74.6 Å². The van der Waals surface area contributed by atoms with Crippen molar-refractivity contribution in [3.8, 4) is 5.75 Å². The molecule has 1 aromatic carbocycles. The fourth-order valence-corrected chi connectivity index (χ4v) is 4.74. The Balaban J connectivity index is 1.53. The number of ether oxygens (including phenoxy) is 1. The molecule has 0 aliphatic carbocycles. The smallest absolute Gasteiger partial charge is 0.222 e. The number of benzene rings is 1. The quantitative estimate of drug-likeness (QED) is 0.442. The molecule has 2 atom stereocenters. The van der Waals surface area contributed by atoms with Crippen LogP contribution in [-0.2, 0) is 4.79 Å². The van der Waals surface area contributed by atoms with Gasteiger partial charge in [0, 0.05) is 39.1 Å². The molecule has 0 aromatic heterocycles. The Hall–Kier alpha value is -2.28. The third-order valence-electron chi connectivity index (χ3n) is 6.56. The largest absolute Gasteiger partial charge is 0.497 e. The lowest BCUT2D eigenvalue weighted by Crippen LogP contribution is -2.44. The first-order valence-corrected chi connectivity index (χ1v) is 11.8. The highest BCUT2D eigenvalue weighted by Gasteiger charge is 2.27. The summed E-state index contributed by atoms with van der Waals surface area (Å²) in [6, 6.07) is 9.03. The molecule has 2 aliphatic rings. The summed E-state index contributed by atoms with van der Waals surface area (Å²) in [6.45, 7) is 6.94. The van der Waals surface area contributed by atoms with Crippen LogP contribution < -0.4 is 15.4 Å². The highest BCUT2D eigenvalue weighted by atomic mass is 16.5. The predicted octanol–water partition coefficient (Wildman–Crippen LogP) is 2.79. The molecule has 0 saturated carbocycles. The molecule has 2 fully saturated rings. The van der Waals surface area contributed by atoms with E-state index in [1.165, 1.54) is 18.4 Å². The molecule has 2 heterocycles. The molecule has 7 nitrogen and oxygen atoms in total. The Bertz CT molecular complexity index is 715. The van der Waals surface area contributed by atoms with Crippen LogP contribution in [0.3, 0.4) is 0 Å². The van der Waals surface area contributed by atoms with E-state index in [0.717, 1.165) is 63.7 Å². The molecule has 0 spiro atoms. The molecule has 7 heteroatoms. The molecule has 3 rings (SSSR count). The summed E-state index contributed by atoms with van der Waals surface area (Å²) in [4.78, 5) is 21.1. The summed E-state index contributed by atoms with van der Waals surface area (Å²) in [5.74, 6) is 2.01. The monoisotopic (exact) mass is 429 g/mol. The van der Waals surface area contributed by atoms with Crippen LogP contribution in [0.15, 0.2) is 29.3 Å². The topological polar surface area (TPSA) is 69.2 Å². The Morgan fingerprint density at radius 1 is 1.13 bits per heavy atom. The van der Waals surface area contributed by atoms with E-state index in [0.29, 0.717) is 24.4 Å². The van der Waals surface area contributed by atoms with Crippen LogP contribution in [0.2, 0.25) is 0 Å². The van der Waals surface area contributed by atoms with E-state index in [9.17, 15) is 4.79 Å². The number of methoxy groups -OCH3 is 1. The fraction of sp³-hybridized carbons (Fsp3) is 0.667. The van der Waals surface area contributed by atoms with Gasteiger partial charge in [0.1, 0.15) is 5.75 Å². The van der Waals surface area contributed by atoms with Gasteiger partial charge >= 0.3 is 0 Å². The van der Waals surface area contributed by atoms with Crippen molar-refractivity contribution in [1.29, 1.82) is 0 Å². The number of carbonyl (C=O) groups is 1. The van der Waals surface area contributed by atoms with Crippen LogP contribution >= 0.6 is 0 Å². The minimum absolute atomic E-state index is 0.303. The van der Waals surface area contributed by atoms with Gasteiger partial charge in [-0.05, 0) is 62.9 Å². The van der Waals surface area contributed by atoms with Gasteiger partial charge in [-0.3, -0.25) is 14.7 Å². The number of nitrogens with zero attached hydrogens (tertiary/aromatic N) is 3. The molecule has 1 aromatic rings. The van der Waals surface area contributed by atoms with Crippen molar-refractivity contribution < 1.29 is 9.53 Å². The van der Waals surface area contributed by atoms with Crippen LogP contribution in [0, 0.1) is 0 Å². The van der Waals surface area contributed by atoms with Crippen molar-refractivity contribution in [3.05, 3.63) is 29.8 Å². The lowest BCUT2D eigenvalue weighted by atomic mass is 10.1. The highest BCUT2D eigenvalue weighted by Crippen LogP contribution is 2.26. The minimum Gasteiger partial charge on any atom is -0.497 e. The lowest BCUT2D eigenvalue weighted by molar-refractivity contribution is -0.129. The number of aliphatic imine (C=N–C) groups is 1. The van der Waals surface area contributed by atoms with Crippen LogP contribution in [0.4, 0.5) is 0 Å². The second kappa shape index (κ2) is 11.9. The SMILES string of the molecule is CCC(CCNC(=NC)NCC(c1ccc(OC)cc1)N1CCCC1)N1CCCC1=O. The predicted molar refractivity (Wildman–Crippen MR) is 126 cm³/mol. The maximum absolute atomic E-state index is 12.1. The fourth-order valence-electron chi connectivity index (χ4n) is 4.74. The number of hydrogen-bond acceptors (Lipinski definition) is 4. The van der Waals surface area contributed by atoms with Gasteiger partial charge in [-0.2, -0.15) is 0 Å². The summed E-state index contributed by atoms with van der Waals surface area (Å²) in [5, 5.41) is 6.98. The van der Waals surface area contributed by atoms with Gasteiger partial charge in [0.25, 0.3) is 0 Å². The molecule has 0 bridgehead atoms. The molecule has 31 heavy (non-hydrogen) atoms. The second-order valence-corrected chi connectivity index (χ2v) is 8.45. The lowest BCUT2D eigenvalue weighted by Gasteiger charge is -2.29. The first kappa shape index (κ1) is 23.4. The Morgan fingerprint density at radius 2 is 1.87 bits per heavy atom. The van der Waals surface area contributed by atoms with Crippen LogP contribution in [0.1, 0.15) is 57.1 Å². The maximum atomic E-state index is 12.1. The second-order valence-electron chi connectivity index (χ2n) is 8.45. The molecule has 2 unspecified atom stereocenters. The summed E-state index contributed by atoms with van der Waals surface area (Å²) < 4.78 is 5.32. The first-order chi connectivity index (χ1) is 15.2. The third kappa shape index (κ3) is 6.35. The third-order valence-corrected chi connectivity index (χ3v) is 6.56. The van der Waals surface area contributed by atoms with Crippen molar-refractivity contribution in [2.45, 2.75) is 57.5 Å². The normalized spacial score (nSPS) is 19.5. The molecule has 172 valence electrons. The molecule has 1 amide bonds. The van der Waals surface area contributed by atoms with Crippen molar-refractivity contribution in [1.82, 2.24) is 20.4 Å². The van der Waals surface area contributed by atoms with Crippen molar-refractivity contribution in [2.75, 3.05) is 46.9 Å². The summed E-state index contributed by atoms with van der Waals surface area (Å²) in [7, 11) is 3.52. The van der Waals surface area contributed by atoms with E-state index in [-0.39, 0.29) is 0 Å². The number of rotatable bonds is 10. The van der Waals surface area contributed by atoms with Crippen molar-refractivity contribution >= 4 is 11.9 Å². The van der Waals surface area contributed by atoms with Gasteiger partial charge in [-0.1, -0.05) is 19.1 Å². The zero-order valence-corrected chi connectivity index (χ0v) is 19.4. The number of carbonyl (C=O) groups excluding carboxylic acids is 1. The molecule has 2 saturated heterocycles. The Labute approximate surface area is 187 Å². The summed E-state index contributed by atoms with van der Waals surface area (Å²) >= 11 is 0. The van der Waals surface area contributed by atoms with Gasteiger partial charge in [-0.25, -0.2) is 0 Å². The maximum Gasteiger partial charge on any atom is 0.222 e. The van der Waals surface area contributed by atoms with Crippen LogP contribution in [0.25, 0.3) is 0 Å². The number of likely N-dealkylation sites (tertiary alicyclic amines) is 2. The zero-order chi connectivity index (χ0) is 22.1. The van der Waals surface area contributed by atoms with E-state index in [1.54, 1.807) is 7.11 Å². The van der Waals surface area contributed by atoms with Crippen LogP contribution in [0.5, 0.6) is 5.75 Å². The number of hydrogen-bond donors (Lipinski definition) is 2. The van der Waals surface area contributed by atoms with E-state index < -0.39 is 0 Å². The van der Waals surface area contributed by atoms with Gasteiger partial charge in [0.15, 0.2) is 5.96 Å². The average molecular weight is 430 g/mol.